The van der Waals surface area contributed by atoms with Crippen LogP contribution in [0.1, 0.15) is 40.3 Å². The lowest BCUT2D eigenvalue weighted by molar-refractivity contribution is -0.121. The fourth-order valence-corrected chi connectivity index (χ4v) is 4.50. The summed E-state index contributed by atoms with van der Waals surface area (Å²) >= 11 is 0. The molecule has 0 aliphatic heterocycles. The van der Waals surface area contributed by atoms with E-state index in [0.717, 1.165) is 29.8 Å². The molecule has 0 fully saturated rings. The molecule has 0 saturated carbocycles. The highest BCUT2D eigenvalue weighted by molar-refractivity contribution is 6.02. The Kier molecular flexibility index (Phi) is 5.91. The van der Waals surface area contributed by atoms with Gasteiger partial charge in [-0.15, -0.1) is 10.2 Å². The van der Waals surface area contributed by atoms with Crippen LogP contribution in [0, 0.1) is 23.2 Å². The number of hydrogen-bond donors (Lipinski definition) is 2. The summed E-state index contributed by atoms with van der Waals surface area (Å²) in [4.78, 5) is 13.8. The first-order valence-electron chi connectivity index (χ1n) is 10.1. The van der Waals surface area contributed by atoms with Crippen molar-refractivity contribution in [2.75, 3.05) is 7.05 Å². The highest BCUT2D eigenvalue weighted by Gasteiger charge is 2.50. The number of carbonyl (C=O) groups is 1. The number of rotatable bonds is 1. The van der Waals surface area contributed by atoms with E-state index >= 15 is 0 Å². The second-order valence-corrected chi connectivity index (χ2v) is 7.38. The average Bonchev–Trinajstić information content (AvgIpc) is 3.30. The Hall–Kier alpha value is -2.90. The predicted molar refractivity (Wildman–Crippen MR) is 106 cm³/mol. The number of nitrogens with one attached hydrogen (secondary N) is 1. The lowest BCUT2D eigenvalue weighted by atomic mass is 9.58. The quantitative estimate of drug-likeness (QED) is 0.682. The molecule has 0 unspecified atom stereocenters. The summed E-state index contributed by atoms with van der Waals surface area (Å²) in [5.41, 5.74) is 4.41. The van der Waals surface area contributed by atoms with Crippen LogP contribution in [0.25, 0.3) is 11.5 Å². The number of hydroxylamine groups is 1. The molecule has 2 heterocycles. The van der Waals surface area contributed by atoms with Crippen molar-refractivity contribution in [2.45, 2.75) is 39.5 Å². The number of Topliss-reactive ketones (excluding diaryl/α,β-unsaturated/α-hetero) is 1. The van der Waals surface area contributed by atoms with Gasteiger partial charge in [0, 0.05) is 32.4 Å². The van der Waals surface area contributed by atoms with E-state index in [4.69, 9.17) is 11.7 Å². The zero-order valence-corrected chi connectivity index (χ0v) is 17.6. The van der Waals surface area contributed by atoms with Crippen molar-refractivity contribution < 1.29 is 11.4 Å². The highest BCUT2D eigenvalue weighted by atomic mass is 16.5. The van der Waals surface area contributed by atoms with E-state index in [0.29, 0.717) is 5.82 Å². The van der Waals surface area contributed by atoms with Crippen molar-refractivity contribution in [3.8, 4) is 17.6 Å². The predicted octanol–water partition coefficient (Wildman–Crippen LogP) is 1.33. The summed E-state index contributed by atoms with van der Waals surface area (Å²) in [5.74, 6) is 0.449. The summed E-state index contributed by atoms with van der Waals surface area (Å²) in [5, 5.41) is 33.8. The summed E-state index contributed by atoms with van der Waals surface area (Å²) in [6.45, 7) is 4.01. The Morgan fingerprint density at radius 1 is 1.45 bits per heavy atom. The minimum atomic E-state index is -0.440. The first-order valence-corrected chi connectivity index (χ1v) is 9.07. The Morgan fingerprint density at radius 2 is 2.10 bits per heavy atom. The number of fused-ring (bicyclic) bond motifs is 3. The molecule has 4 rings (SSSR count). The van der Waals surface area contributed by atoms with E-state index < -0.39 is 5.41 Å². The van der Waals surface area contributed by atoms with E-state index in [9.17, 15) is 10.1 Å². The van der Waals surface area contributed by atoms with Gasteiger partial charge >= 0.3 is 0 Å². The van der Waals surface area contributed by atoms with Crippen LogP contribution < -0.4 is 5.48 Å². The number of tetrazole rings is 1. The van der Waals surface area contributed by atoms with Crippen LogP contribution in [0.5, 0.6) is 0 Å². The fraction of sp³-hybridized carbons (Fsp3) is 0.579. The van der Waals surface area contributed by atoms with Crippen LogP contribution in [-0.4, -0.2) is 48.0 Å². The van der Waals surface area contributed by atoms with Gasteiger partial charge in [0.2, 0.25) is 5.82 Å². The number of aryl methyl sites for hydroxylation is 2. The zero-order valence-electron chi connectivity index (χ0n) is 18.6. The van der Waals surface area contributed by atoms with E-state index in [-0.39, 0.29) is 23.2 Å². The number of hydrogen-bond acceptors (Lipinski definition) is 8. The SMILES string of the molecule is CNO.C[C@@H]1C(=O)C(C#N)=C[C@]2(C)c3nn(C)c(-c4nnn(C)n4)c3CC[C@@H]12.[3H]C. The summed E-state index contributed by atoms with van der Waals surface area (Å²) in [6.07, 6.45) is 3.49. The number of nitrogens with zero attached hydrogens (tertiary/aromatic N) is 7. The van der Waals surface area contributed by atoms with Crippen LogP contribution >= 0.6 is 0 Å². The van der Waals surface area contributed by atoms with Crippen LogP contribution in [0.15, 0.2) is 11.6 Å². The maximum Gasteiger partial charge on any atom is 0.223 e. The molecule has 10 nitrogen and oxygen atoms in total. The van der Waals surface area contributed by atoms with E-state index in [1.165, 1.54) is 19.2 Å². The molecule has 0 radical (unpaired) electrons. The summed E-state index contributed by atoms with van der Waals surface area (Å²) in [6, 6.07) is 2.07. The van der Waals surface area contributed by atoms with Gasteiger partial charge in [0.1, 0.15) is 11.8 Å². The summed E-state index contributed by atoms with van der Waals surface area (Å²) < 4.78 is 7.54. The van der Waals surface area contributed by atoms with Gasteiger partial charge in [0.05, 0.1) is 18.3 Å². The standard InChI is InChI=1S/C17H19N7O.CH5NO.CH4/c1-9-12-6-5-11-13(16-19-22-24(4)21-16)23(3)20-15(11)17(12,2)7-10(8-18)14(9)25;1-2-3;/h7,9,12H,5-6H2,1-4H3;2-3H,1H3;1H4/t9-,12-,17-;;/m0../s1/i;;1T. The lowest BCUT2D eigenvalue weighted by Crippen LogP contribution is -2.45. The molecular formula is C19H28N8O2. The van der Waals surface area contributed by atoms with Gasteiger partial charge in [0.15, 0.2) is 5.78 Å². The van der Waals surface area contributed by atoms with Crippen molar-refractivity contribution in [1.29, 1.82) is 5.26 Å². The molecule has 0 aromatic carbocycles. The van der Waals surface area contributed by atoms with Gasteiger partial charge in [-0.25, -0.2) is 5.48 Å². The Labute approximate surface area is 171 Å². The van der Waals surface area contributed by atoms with Crippen molar-refractivity contribution in [3.63, 3.8) is 0 Å². The van der Waals surface area contributed by atoms with Crippen molar-refractivity contribution in [2.24, 2.45) is 25.9 Å². The molecule has 0 spiro atoms. The second-order valence-electron chi connectivity index (χ2n) is 7.38. The number of ketones is 1. The topological polar surface area (TPSA) is 135 Å². The maximum atomic E-state index is 12.4. The monoisotopic (exact) mass is 402 g/mol. The fourth-order valence-electron chi connectivity index (χ4n) is 4.50. The number of aromatic nitrogens is 6. The molecule has 3 atom stereocenters. The van der Waals surface area contributed by atoms with Crippen LogP contribution in [-0.2, 0) is 30.7 Å². The molecule has 10 heteroatoms. The third-order valence-corrected chi connectivity index (χ3v) is 5.70. The van der Waals surface area contributed by atoms with Crippen LogP contribution in [0.4, 0.5) is 0 Å². The Morgan fingerprint density at radius 3 is 2.66 bits per heavy atom. The third-order valence-electron chi connectivity index (χ3n) is 5.70. The van der Waals surface area contributed by atoms with E-state index in [1.807, 2.05) is 20.0 Å². The van der Waals surface area contributed by atoms with E-state index in [1.54, 1.807) is 17.2 Å². The van der Waals surface area contributed by atoms with Crippen LogP contribution in [0.2, 0.25) is 0 Å². The second kappa shape index (κ2) is 8.23. The Bertz CT molecular complexity index is 989. The number of allylic oxidation sites excluding steroid dienone is 2. The van der Waals surface area contributed by atoms with E-state index in [2.05, 4.69) is 28.4 Å². The maximum absolute atomic E-state index is 12.4. The Balaban J connectivity index is 0.000000590. The van der Waals surface area contributed by atoms with Gasteiger partial charge in [-0.2, -0.15) is 15.2 Å². The first-order chi connectivity index (χ1) is 14.3. The normalized spacial score (nSPS) is 25.1. The molecule has 0 bridgehead atoms. The molecule has 2 aliphatic rings. The first kappa shape index (κ1) is 20.8. The zero-order chi connectivity index (χ0) is 22.6. The van der Waals surface area contributed by atoms with Gasteiger partial charge in [-0.3, -0.25) is 9.48 Å². The third kappa shape index (κ3) is 3.47. The molecule has 0 amide bonds. The van der Waals surface area contributed by atoms with Crippen molar-refractivity contribution in [1.82, 2.24) is 35.5 Å². The molecule has 0 saturated heterocycles. The average molecular weight is 402 g/mol. The lowest BCUT2D eigenvalue weighted by Gasteiger charge is -2.44. The van der Waals surface area contributed by atoms with Gasteiger partial charge in [0.25, 0.3) is 0 Å². The molecule has 2 N–H and O–H groups in total. The molecular weight excluding hydrogens is 372 g/mol. The largest absolute Gasteiger partial charge is 0.317 e. The minimum Gasteiger partial charge on any atom is -0.317 e. The minimum absolute atomic E-state index is 0.0554. The van der Waals surface area contributed by atoms with Crippen molar-refractivity contribution in [3.05, 3.63) is 22.9 Å². The van der Waals surface area contributed by atoms with Gasteiger partial charge in [-0.05, 0) is 24.0 Å². The molecule has 2 aromatic heterocycles. The van der Waals surface area contributed by atoms with Crippen LogP contribution in [0.3, 0.4) is 0 Å². The highest BCUT2D eigenvalue weighted by Crippen LogP contribution is 2.50. The van der Waals surface area contributed by atoms with Gasteiger partial charge < -0.3 is 5.21 Å². The molecule has 2 aromatic rings. The van der Waals surface area contributed by atoms with Gasteiger partial charge in [-0.1, -0.05) is 27.3 Å². The van der Waals surface area contributed by atoms with Crippen molar-refractivity contribution >= 4 is 5.78 Å². The smallest absolute Gasteiger partial charge is 0.223 e. The molecule has 2 aliphatic carbocycles. The molecule has 156 valence electrons. The number of carbonyl (C=O) groups excluding carboxylic acids is 1. The molecule has 29 heavy (non-hydrogen) atoms. The summed E-state index contributed by atoms with van der Waals surface area (Å²) in [7, 11) is 6.28. The number of nitriles is 1.